The highest BCUT2D eigenvalue weighted by atomic mass is 19.1. The van der Waals surface area contributed by atoms with E-state index in [0.29, 0.717) is 56.1 Å². The van der Waals surface area contributed by atoms with E-state index in [1.165, 1.54) is 34.2 Å². The molecule has 0 spiro atoms. The number of benzene rings is 6. The Labute approximate surface area is 476 Å². The van der Waals surface area contributed by atoms with Gasteiger partial charge < -0.3 is 16.0 Å². The summed E-state index contributed by atoms with van der Waals surface area (Å²) < 4.78 is 49.4. The van der Waals surface area contributed by atoms with Crippen molar-refractivity contribution in [2.24, 2.45) is 21.1 Å². The molecule has 420 valence electrons. The van der Waals surface area contributed by atoms with Gasteiger partial charge in [0.2, 0.25) is 0 Å². The molecule has 3 saturated heterocycles. The maximum absolute atomic E-state index is 14.9. The second-order valence-electron chi connectivity index (χ2n) is 22.3. The third-order valence-corrected chi connectivity index (χ3v) is 16.3. The molecule has 0 atom stereocenters. The fraction of sp³-hybridized carbons (Fsp3) is 0.317. The molecule has 9 heterocycles. The lowest BCUT2D eigenvalue weighted by Crippen LogP contribution is -2.27. The third-order valence-electron chi connectivity index (χ3n) is 16.3. The molecule has 83 heavy (non-hydrogen) atoms. The fourth-order valence-corrected chi connectivity index (χ4v) is 12.0. The molecule has 3 aliphatic rings. The monoisotopic (exact) mass is 1110 g/mol. The van der Waals surface area contributed by atoms with Gasteiger partial charge in [0.25, 0.3) is 0 Å². The van der Waals surface area contributed by atoms with Crippen LogP contribution in [0.1, 0.15) is 84.7 Å². The van der Waals surface area contributed by atoms with Gasteiger partial charge >= 0.3 is 0 Å². The van der Waals surface area contributed by atoms with E-state index < -0.39 is 11.6 Å². The minimum absolute atomic E-state index is 0.194. The van der Waals surface area contributed by atoms with Crippen molar-refractivity contribution in [2.45, 2.75) is 70.1 Å². The maximum atomic E-state index is 14.9. The van der Waals surface area contributed by atoms with E-state index in [-0.39, 0.29) is 23.2 Å². The highest BCUT2D eigenvalue weighted by Gasteiger charge is 2.23. The van der Waals surface area contributed by atoms with Crippen LogP contribution >= 0.6 is 0 Å². The molecule has 0 saturated carbocycles. The molecule has 15 rings (SSSR count). The summed E-state index contributed by atoms with van der Waals surface area (Å²) in [6.45, 7) is 9.94. The van der Waals surface area contributed by atoms with Crippen molar-refractivity contribution < 1.29 is 13.2 Å². The summed E-state index contributed by atoms with van der Waals surface area (Å²) in [7, 11) is 5.59. The molecule has 17 nitrogen and oxygen atoms in total. The molecule has 12 aromatic rings. The van der Waals surface area contributed by atoms with Crippen molar-refractivity contribution in [3.05, 3.63) is 150 Å². The van der Waals surface area contributed by atoms with Crippen LogP contribution in [0.5, 0.6) is 0 Å². The molecule has 3 N–H and O–H groups in total. The molecule has 20 heteroatoms. The van der Waals surface area contributed by atoms with Crippen LogP contribution in [-0.4, -0.2) is 109 Å². The quantitative estimate of drug-likeness (QED) is 0.142. The van der Waals surface area contributed by atoms with E-state index in [9.17, 15) is 13.2 Å². The lowest BCUT2D eigenvalue weighted by molar-refractivity contribution is 0.442. The Morgan fingerprint density at radius 1 is 0.398 bits per heavy atom. The second kappa shape index (κ2) is 22.6. The van der Waals surface area contributed by atoms with Crippen molar-refractivity contribution in [3.8, 4) is 33.4 Å². The van der Waals surface area contributed by atoms with Gasteiger partial charge in [-0.2, -0.15) is 15.3 Å². The Kier molecular flexibility index (Phi) is 14.6. The smallest absolute Gasteiger partial charge is 0.154 e. The SMILES string of the molecule is Cc1cc(-c2cc(F)c3nc(C4CCNCC4)nnc3c2)cc2cn(C)nc12.Cc1cc(-c2ccc3nc(C4CCNCC4)cnc3c2)cc2cn(C)nc12.Cn1cc2cc(-c3cc(F)c4nc(C5CCNCC5)nnc4c3)cc(F)c2n1. The molecular formula is C63H62F3N17. The zero-order valence-electron chi connectivity index (χ0n) is 46.9. The van der Waals surface area contributed by atoms with Crippen LogP contribution in [0.3, 0.4) is 0 Å². The Balaban J connectivity index is 0.000000117. The summed E-state index contributed by atoms with van der Waals surface area (Å²) in [4.78, 5) is 18.6. The number of rotatable bonds is 6. The molecule has 6 aromatic heterocycles. The van der Waals surface area contributed by atoms with Crippen LogP contribution < -0.4 is 16.0 Å². The number of halogens is 3. The molecule has 0 unspecified atom stereocenters. The zero-order chi connectivity index (χ0) is 56.9. The largest absolute Gasteiger partial charge is 0.317 e. The molecule has 3 fully saturated rings. The minimum atomic E-state index is -0.482. The number of nitrogens with one attached hydrogen (secondary N) is 3. The first-order chi connectivity index (χ1) is 40.3. The predicted molar refractivity (Wildman–Crippen MR) is 317 cm³/mol. The van der Waals surface area contributed by atoms with Gasteiger partial charge in [-0.05, 0) is 209 Å². The number of nitrogens with zero attached hydrogens (tertiary/aromatic N) is 14. The third kappa shape index (κ3) is 11.1. The van der Waals surface area contributed by atoms with E-state index in [1.54, 1.807) is 40.8 Å². The van der Waals surface area contributed by atoms with E-state index in [1.807, 2.05) is 56.3 Å². The lowest BCUT2D eigenvalue weighted by atomic mass is 9.95. The first kappa shape index (κ1) is 53.6. The van der Waals surface area contributed by atoms with Crippen molar-refractivity contribution >= 4 is 65.8 Å². The number of piperidine rings is 3. The van der Waals surface area contributed by atoms with Gasteiger partial charge in [0.1, 0.15) is 27.6 Å². The first-order valence-electron chi connectivity index (χ1n) is 28.4. The highest BCUT2D eigenvalue weighted by Crippen LogP contribution is 2.34. The topological polar surface area (TPSA) is 193 Å². The van der Waals surface area contributed by atoms with Gasteiger partial charge in [-0.25, -0.2) is 28.1 Å². The number of aryl methyl sites for hydroxylation is 5. The number of hydrogen-bond acceptors (Lipinski definition) is 14. The summed E-state index contributed by atoms with van der Waals surface area (Å²) >= 11 is 0. The van der Waals surface area contributed by atoms with E-state index >= 15 is 0 Å². The van der Waals surface area contributed by atoms with Gasteiger partial charge in [-0.1, -0.05) is 6.07 Å². The first-order valence-corrected chi connectivity index (χ1v) is 28.4. The Morgan fingerprint density at radius 2 is 0.795 bits per heavy atom. The van der Waals surface area contributed by atoms with Crippen molar-refractivity contribution in [3.63, 3.8) is 0 Å². The molecule has 0 radical (unpaired) electrons. The summed E-state index contributed by atoms with van der Waals surface area (Å²) in [5, 5.41) is 43.0. The summed E-state index contributed by atoms with van der Waals surface area (Å²) in [6.07, 6.45) is 13.8. The van der Waals surface area contributed by atoms with E-state index in [0.717, 1.165) is 128 Å². The summed E-state index contributed by atoms with van der Waals surface area (Å²) in [6, 6.07) is 24.5. The van der Waals surface area contributed by atoms with Gasteiger partial charge in [0, 0.05) is 79.8 Å². The molecule has 3 aliphatic heterocycles. The fourth-order valence-electron chi connectivity index (χ4n) is 12.0. The summed E-state index contributed by atoms with van der Waals surface area (Å²) in [5.41, 5.74) is 14.1. The Morgan fingerprint density at radius 3 is 1.29 bits per heavy atom. The number of fused-ring (bicyclic) bond motifs is 6. The number of hydrogen-bond donors (Lipinski definition) is 3. The van der Waals surface area contributed by atoms with Crippen LogP contribution in [-0.2, 0) is 21.1 Å². The van der Waals surface area contributed by atoms with Crippen molar-refractivity contribution in [1.82, 2.24) is 85.6 Å². The Hall–Kier alpha value is -8.72. The predicted octanol–water partition coefficient (Wildman–Crippen LogP) is 10.8. The normalized spacial score (nSPS) is 15.6. The minimum Gasteiger partial charge on any atom is -0.317 e. The van der Waals surface area contributed by atoms with Gasteiger partial charge in [0.15, 0.2) is 29.1 Å². The van der Waals surface area contributed by atoms with Crippen LogP contribution in [0.4, 0.5) is 13.2 Å². The summed E-state index contributed by atoms with van der Waals surface area (Å²) in [5.74, 6) is 0.909. The van der Waals surface area contributed by atoms with Crippen molar-refractivity contribution in [2.75, 3.05) is 39.3 Å². The van der Waals surface area contributed by atoms with Crippen LogP contribution in [0, 0.1) is 31.3 Å². The van der Waals surface area contributed by atoms with E-state index in [2.05, 4.69) is 105 Å². The molecule has 0 amide bonds. The molecule has 6 aromatic carbocycles. The Bertz CT molecular complexity index is 4230. The highest BCUT2D eigenvalue weighted by molar-refractivity contribution is 5.92. The average molecular weight is 1110 g/mol. The van der Waals surface area contributed by atoms with Gasteiger partial charge in [-0.3, -0.25) is 19.0 Å². The van der Waals surface area contributed by atoms with Crippen LogP contribution in [0.2, 0.25) is 0 Å². The molecular weight excluding hydrogens is 1050 g/mol. The van der Waals surface area contributed by atoms with Crippen LogP contribution in [0.25, 0.3) is 99.2 Å². The molecule has 0 aliphatic carbocycles. The average Bonchev–Trinajstić information content (AvgIpc) is 4.30. The molecule has 0 bridgehead atoms. The van der Waals surface area contributed by atoms with Crippen molar-refractivity contribution in [1.29, 1.82) is 0 Å². The van der Waals surface area contributed by atoms with E-state index in [4.69, 9.17) is 9.97 Å². The second-order valence-corrected chi connectivity index (χ2v) is 22.3. The standard InChI is InChI=1S/C22H23N5.C21H21FN6.C20H18F2N6/c1-14-9-17(10-18-13-27(2)26-22(14)18)16-3-4-19-20(11-16)24-12-21(25-19)15-5-7-23-8-6-15;1-12-7-14(8-16-11-28(2)27-19(12)16)15-9-17(22)20-18(10-15)25-26-21(24-20)13-3-5-23-6-4-13;1-28-10-14-6-12(7-15(21)18(14)27-28)13-8-16(22)19-17(9-13)25-26-20(24-19)11-2-4-23-5-3-11/h3-4,9-13,15,23H,5-8H2,1-2H3;7-11,13,23H,3-6H2,1-2H3;6-11,23H,2-5H2,1H3. The zero-order valence-corrected chi connectivity index (χ0v) is 46.9. The van der Waals surface area contributed by atoms with Crippen LogP contribution in [0.15, 0.2) is 104 Å². The number of aromatic nitrogens is 14. The van der Waals surface area contributed by atoms with Gasteiger partial charge in [0.05, 0.1) is 27.8 Å². The lowest BCUT2D eigenvalue weighted by Gasteiger charge is -2.21. The van der Waals surface area contributed by atoms with Gasteiger partial charge in [-0.15, -0.1) is 20.4 Å². The maximum Gasteiger partial charge on any atom is 0.154 e.